The Bertz CT molecular complexity index is 1850. The number of hydrogen-bond acceptors (Lipinski definition) is 9. The molecule has 0 aliphatic carbocycles. The van der Waals surface area contributed by atoms with Crippen LogP contribution in [0.2, 0.25) is 0 Å². The van der Waals surface area contributed by atoms with Gasteiger partial charge in [0.05, 0.1) is 5.56 Å². The molecule has 2 aromatic heterocycles. The predicted octanol–water partition coefficient (Wildman–Crippen LogP) is 4.79. The van der Waals surface area contributed by atoms with Gasteiger partial charge < -0.3 is 20.4 Å². The van der Waals surface area contributed by atoms with Crippen LogP contribution in [0.4, 0.5) is 5.82 Å². The van der Waals surface area contributed by atoms with Crippen LogP contribution in [0.15, 0.2) is 73.2 Å². The number of anilines is 1. The van der Waals surface area contributed by atoms with E-state index >= 15 is 0 Å². The smallest absolute Gasteiger partial charge is 0.255 e. The first-order valence-corrected chi connectivity index (χ1v) is 21.1. The summed E-state index contributed by atoms with van der Waals surface area (Å²) >= 11 is 0. The van der Waals surface area contributed by atoms with Gasteiger partial charge in [-0.1, -0.05) is 43.9 Å². The second-order valence-electron chi connectivity index (χ2n) is 15.7. The van der Waals surface area contributed by atoms with Crippen molar-refractivity contribution in [3.05, 3.63) is 95.5 Å². The van der Waals surface area contributed by atoms with Crippen LogP contribution in [0.25, 0.3) is 6.08 Å². The van der Waals surface area contributed by atoms with E-state index in [1.165, 1.54) is 0 Å². The number of nitrogens with zero attached hydrogens (tertiary/aromatic N) is 5. The van der Waals surface area contributed by atoms with Crippen LogP contribution in [0.1, 0.15) is 102 Å². The number of benzene rings is 1. The van der Waals surface area contributed by atoms with E-state index in [0.717, 1.165) is 127 Å². The minimum atomic E-state index is -0.678. The number of likely N-dealkylation sites (tertiary alicyclic amines) is 1. The summed E-state index contributed by atoms with van der Waals surface area (Å²) in [5.41, 5.74) is 3.19. The largest absolute Gasteiger partial charge is 0.354 e. The molecule has 1 atom stereocenters. The third-order valence-electron chi connectivity index (χ3n) is 11.5. The Hall–Kier alpha value is -5.43. The highest BCUT2D eigenvalue weighted by Gasteiger charge is 2.28. The Morgan fingerprint density at radius 3 is 2.41 bits per heavy atom. The zero-order valence-electron chi connectivity index (χ0n) is 33.6. The molecule has 0 bridgehead atoms. The maximum absolute atomic E-state index is 13.3. The van der Waals surface area contributed by atoms with Crippen LogP contribution in [-0.2, 0) is 20.8 Å². The lowest BCUT2D eigenvalue weighted by Gasteiger charge is -2.35. The van der Waals surface area contributed by atoms with Gasteiger partial charge in [-0.25, -0.2) is 4.98 Å². The first-order chi connectivity index (χ1) is 28.3. The first kappa shape index (κ1) is 42.2. The lowest BCUT2D eigenvalue weighted by Crippen LogP contribution is -2.52. The fourth-order valence-corrected chi connectivity index (χ4v) is 7.94. The van der Waals surface area contributed by atoms with Gasteiger partial charge in [0, 0.05) is 82.5 Å². The van der Waals surface area contributed by atoms with Gasteiger partial charge in [-0.15, -0.1) is 0 Å². The van der Waals surface area contributed by atoms with E-state index in [-0.39, 0.29) is 30.0 Å². The van der Waals surface area contributed by atoms with Gasteiger partial charge >= 0.3 is 0 Å². The molecule has 58 heavy (non-hydrogen) atoms. The minimum Gasteiger partial charge on any atom is -0.354 e. The molecule has 3 aliphatic rings. The molecule has 3 aliphatic heterocycles. The van der Waals surface area contributed by atoms with Crippen LogP contribution in [-0.4, -0.2) is 108 Å². The molecule has 13 nitrogen and oxygen atoms in total. The molecule has 0 radical (unpaired) electrons. The fourth-order valence-electron chi connectivity index (χ4n) is 7.94. The van der Waals surface area contributed by atoms with Gasteiger partial charge in [-0.2, -0.15) is 0 Å². The third-order valence-corrected chi connectivity index (χ3v) is 11.5. The van der Waals surface area contributed by atoms with Crippen molar-refractivity contribution in [3.63, 3.8) is 0 Å². The molecular weight excluding hydrogens is 733 g/mol. The van der Waals surface area contributed by atoms with Crippen molar-refractivity contribution in [2.45, 2.75) is 83.1 Å². The Morgan fingerprint density at radius 2 is 1.66 bits per heavy atom. The first-order valence-electron chi connectivity index (χ1n) is 21.1. The summed E-state index contributed by atoms with van der Waals surface area (Å²) in [4.78, 5) is 77.0. The lowest BCUT2D eigenvalue weighted by molar-refractivity contribution is -0.134. The number of aromatic nitrogens is 2. The van der Waals surface area contributed by atoms with Gasteiger partial charge in [0.2, 0.25) is 17.7 Å². The number of piperidine rings is 2. The molecule has 3 aromatic rings. The Balaban J connectivity index is 0.796. The molecule has 3 saturated heterocycles. The molecular formula is C45H58N8O5. The maximum atomic E-state index is 13.3. The van der Waals surface area contributed by atoms with Gasteiger partial charge in [0.25, 0.3) is 11.8 Å². The third kappa shape index (κ3) is 13.1. The highest BCUT2D eigenvalue weighted by Crippen LogP contribution is 2.24. The van der Waals surface area contributed by atoms with Crippen LogP contribution >= 0.6 is 0 Å². The zero-order chi connectivity index (χ0) is 40.5. The summed E-state index contributed by atoms with van der Waals surface area (Å²) in [6, 6.07) is 14.6. The van der Waals surface area contributed by atoms with E-state index in [1.807, 2.05) is 47.4 Å². The van der Waals surface area contributed by atoms with Crippen LogP contribution in [0.5, 0.6) is 0 Å². The molecule has 3 N–H and O–H groups in total. The monoisotopic (exact) mass is 790 g/mol. The molecule has 6 rings (SSSR count). The molecule has 5 heterocycles. The summed E-state index contributed by atoms with van der Waals surface area (Å²) in [7, 11) is 0. The number of piperazine rings is 1. The summed E-state index contributed by atoms with van der Waals surface area (Å²) in [5, 5.41) is 7.99. The van der Waals surface area contributed by atoms with E-state index in [1.54, 1.807) is 36.8 Å². The highest BCUT2D eigenvalue weighted by atomic mass is 16.2. The van der Waals surface area contributed by atoms with Crippen molar-refractivity contribution < 1.29 is 24.0 Å². The number of pyridine rings is 2. The van der Waals surface area contributed by atoms with E-state index in [4.69, 9.17) is 4.98 Å². The quantitative estimate of drug-likeness (QED) is 0.0937. The molecule has 1 unspecified atom stereocenters. The molecule has 308 valence electrons. The van der Waals surface area contributed by atoms with Crippen LogP contribution in [0, 0.1) is 5.92 Å². The standard InChI is InChI=1S/C45H58N8O5/c54-41(18-14-36-12-8-22-46-32-36)47-23-5-4-9-34-20-25-53(26-21-34)45(58)38-15-17-40(48-33-38)52-29-27-51(28-30-52)24-6-2-1-3-10-35-11-7-13-37(31-35)43(56)49-39-16-19-42(55)50-44(39)57/h7-8,11-15,17-18,22,31-34,39H,1-6,9-10,16,19-21,23-30H2,(H,47,54)(H,49,56)(H,50,55,57). The van der Waals surface area contributed by atoms with Crippen molar-refractivity contribution in [3.8, 4) is 0 Å². The van der Waals surface area contributed by atoms with E-state index in [2.05, 4.69) is 30.7 Å². The van der Waals surface area contributed by atoms with Gasteiger partial charge in [-0.05, 0) is 105 Å². The van der Waals surface area contributed by atoms with E-state index in [9.17, 15) is 24.0 Å². The number of amides is 5. The normalized spacial score (nSPS) is 18.0. The van der Waals surface area contributed by atoms with Crippen molar-refractivity contribution >= 4 is 41.4 Å². The number of aryl methyl sites for hydroxylation is 1. The number of imide groups is 1. The van der Waals surface area contributed by atoms with Gasteiger partial charge in [-0.3, -0.25) is 39.2 Å². The van der Waals surface area contributed by atoms with E-state index < -0.39 is 11.9 Å². The molecule has 3 fully saturated rings. The zero-order valence-corrected chi connectivity index (χ0v) is 33.6. The van der Waals surface area contributed by atoms with Gasteiger partial charge in [0.1, 0.15) is 11.9 Å². The lowest BCUT2D eigenvalue weighted by atomic mass is 9.91. The van der Waals surface area contributed by atoms with Crippen LogP contribution < -0.4 is 20.9 Å². The number of carbonyl (C=O) groups excluding carboxylic acids is 5. The predicted molar refractivity (Wildman–Crippen MR) is 224 cm³/mol. The summed E-state index contributed by atoms with van der Waals surface area (Å²) in [5.74, 6) is 0.468. The summed E-state index contributed by atoms with van der Waals surface area (Å²) < 4.78 is 0. The average molecular weight is 791 g/mol. The molecule has 0 saturated carbocycles. The maximum Gasteiger partial charge on any atom is 0.255 e. The minimum absolute atomic E-state index is 0.0623. The number of unbranched alkanes of at least 4 members (excludes halogenated alkanes) is 4. The second kappa shape index (κ2) is 21.9. The van der Waals surface area contributed by atoms with Gasteiger partial charge in [0.15, 0.2) is 0 Å². The Labute approximate surface area is 342 Å². The molecule has 13 heteroatoms. The average Bonchev–Trinajstić information content (AvgIpc) is 3.25. The topological polar surface area (TPSA) is 157 Å². The van der Waals surface area contributed by atoms with E-state index in [0.29, 0.717) is 30.0 Å². The summed E-state index contributed by atoms with van der Waals surface area (Å²) in [6.45, 7) is 7.09. The van der Waals surface area contributed by atoms with Crippen molar-refractivity contribution in [2.24, 2.45) is 5.92 Å². The van der Waals surface area contributed by atoms with Crippen molar-refractivity contribution in [1.29, 1.82) is 0 Å². The fraction of sp³-hybridized carbons (Fsp3) is 0.489. The number of rotatable bonds is 18. The number of carbonyl (C=O) groups is 5. The van der Waals surface area contributed by atoms with Crippen molar-refractivity contribution in [1.82, 2.24) is 35.7 Å². The molecule has 0 spiro atoms. The molecule has 1 aromatic carbocycles. The Morgan fingerprint density at radius 1 is 0.828 bits per heavy atom. The second-order valence-corrected chi connectivity index (χ2v) is 15.7. The number of hydrogen-bond donors (Lipinski definition) is 3. The number of nitrogens with one attached hydrogen (secondary N) is 3. The summed E-state index contributed by atoms with van der Waals surface area (Å²) in [6.07, 6.45) is 19.5. The molecule has 5 amide bonds. The van der Waals surface area contributed by atoms with Crippen LogP contribution in [0.3, 0.4) is 0 Å². The highest BCUT2D eigenvalue weighted by molar-refractivity contribution is 6.03. The SMILES string of the molecule is O=C(C=Cc1cccnc1)NCCCCC1CCN(C(=O)c2ccc(N3CCN(CCCCCCc4cccc(C(=O)NC5CCC(=O)NC5=O)c4)CC3)nc2)CC1. The van der Waals surface area contributed by atoms with Crippen molar-refractivity contribution in [2.75, 3.05) is 57.3 Å². The Kier molecular flexibility index (Phi) is 15.9.